The lowest BCUT2D eigenvalue weighted by atomic mass is 9.33. The van der Waals surface area contributed by atoms with Crippen LogP contribution in [-0.2, 0) is 4.79 Å². The average Bonchev–Trinajstić information content (AvgIpc) is 2.77. The maximum absolute atomic E-state index is 13.3. The second-order valence-electron chi connectivity index (χ2n) is 8.77. The van der Waals surface area contributed by atoms with E-state index in [1.807, 2.05) is 6.20 Å². The first-order valence-corrected chi connectivity index (χ1v) is 9.23. The largest absolute Gasteiger partial charge is 0.334 e. The van der Waals surface area contributed by atoms with Crippen LogP contribution in [-0.4, -0.2) is 22.3 Å². The molecule has 2 heterocycles. The van der Waals surface area contributed by atoms with Crippen LogP contribution in [0.2, 0.25) is 0 Å². The van der Waals surface area contributed by atoms with Crippen LogP contribution >= 0.6 is 0 Å². The lowest BCUT2D eigenvalue weighted by molar-refractivity contribution is -0.220. The maximum atomic E-state index is 13.3. The summed E-state index contributed by atoms with van der Waals surface area (Å²) in [5, 5.41) is 9.35. The van der Waals surface area contributed by atoms with Crippen molar-refractivity contribution in [2.75, 3.05) is 6.54 Å². The van der Waals surface area contributed by atoms with Crippen molar-refractivity contribution in [3.8, 4) is 6.07 Å². The van der Waals surface area contributed by atoms with Crippen LogP contribution < -0.4 is 0 Å². The van der Waals surface area contributed by atoms with Crippen LogP contribution in [0.25, 0.3) is 0 Å². The molecule has 4 fully saturated rings. The average molecular weight is 321 g/mol. The van der Waals surface area contributed by atoms with E-state index < -0.39 is 0 Å². The molecule has 1 amide bonds. The number of pyridine rings is 1. The zero-order chi connectivity index (χ0) is 16.7. The van der Waals surface area contributed by atoms with E-state index in [0.29, 0.717) is 28.7 Å². The molecule has 4 heteroatoms. The number of nitrogens with zero attached hydrogens (tertiary/aromatic N) is 3. The first kappa shape index (κ1) is 14.5. The van der Waals surface area contributed by atoms with Gasteiger partial charge in [-0.05, 0) is 48.1 Å². The van der Waals surface area contributed by atoms with Crippen molar-refractivity contribution in [3.05, 3.63) is 29.1 Å². The van der Waals surface area contributed by atoms with Crippen molar-refractivity contribution in [2.45, 2.75) is 57.9 Å². The van der Waals surface area contributed by atoms with Crippen molar-refractivity contribution in [2.24, 2.45) is 16.7 Å². The summed E-state index contributed by atoms with van der Waals surface area (Å²) in [7, 11) is 0. The van der Waals surface area contributed by atoms with Gasteiger partial charge in [0.25, 0.3) is 0 Å². The van der Waals surface area contributed by atoms with E-state index in [-0.39, 0.29) is 11.5 Å². The van der Waals surface area contributed by atoms with E-state index in [1.54, 1.807) is 6.20 Å². The fourth-order valence-electron chi connectivity index (χ4n) is 6.47. The molecular formula is C20H23N3O. The summed E-state index contributed by atoms with van der Waals surface area (Å²) in [5.74, 6) is 1.14. The highest BCUT2D eigenvalue weighted by molar-refractivity contribution is 5.88. The van der Waals surface area contributed by atoms with Crippen molar-refractivity contribution < 1.29 is 4.79 Å². The quantitative estimate of drug-likeness (QED) is 0.855. The number of hydrogen-bond donors (Lipinski definition) is 0. The molecule has 1 saturated heterocycles. The third-order valence-corrected chi connectivity index (χ3v) is 7.20. The van der Waals surface area contributed by atoms with Crippen LogP contribution in [0.5, 0.6) is 0 Å². The molecule has 0 aromatic carbocycles. The van der Waals surface area contributed by atoms with Crippen molar-refractivity contribution in [3.63, 3.8) is 0 Å². The molecule has 24 heavy (non-hydrogen) atoms. The van der Waals surface area contributed by atoms with Crippen LogP contribution in [0.3, 0.4) is 0 Å². The zero-order valence-corrected chi connectivity index (χ0v) is 14.4. The number of carbonyl (C=O) groups is 1. The molecule has 0 spiro atoms. The van der Waals surface area contributed by atoms with Gasteiger partial charge in [0, 0.05) is 24.9 Å². The Morgan fingerprint density at radius 3 is 2.83 bits per heavy atom. The maximum Gasteiger partial charge on any atom is 0.229 e. The van der Waals surface area contributed by atoms with E-state index in [1.165, 1.54) is 12.8 Å². The third kappa shape index (κ3) is 1.49. The summed E-state index contributed by atoms with van der Waals surface area (Å²) >= 11 is 0. The second kappa shape index (κ2) is 4.39. The lowest BCUT2D eigenvalue weighted by Crippen LogP contribution is -2.68. The summed E-state index contributed by atoms with van der Waals surface area (Å²) < 4.78 is 0. The smallest absolute Gasteiger partial charge is 0.229 e. The van der Waals surface area contributed by atoms with Gasteiger partial charge < -0.3 is 4.90 Å². The van der Waals surface area contributed by atoms with Crippen molar-refractivity contribution >= 4 is 5.91 Å². The topological polar surface area (TPSA) is 57.0 Å². The Kier molecular flexibility index (Phi) is 2.64. The Morgan fingerprint density at radius 2 is 2.17 bits per heavy atom. The van der Waals surface area contributed by atoms with Gasteiger partial charge in [-0.1, -0.05) is 20.3 Å². The lowest BCUT2D eigenvalue weighted by Gasteiger charge is -2.70. The molecule has 1 aromatic rings. The van der Waals surface area contributed by atoms with Crippen LogP contribution in [0.15, 0.2) is 12.4 Å². The fourth-order valence-corrected chi connectivity index (χ4v) is 6.47. The van der Waals surface area contributed by atoms with Gasteiger partial charge in [0.05, 0.1) is 17.0 Å². The highest BCUT2D eigenvalue weighted by atomic mass is 16.2. The number of aromatic nitrogens is 1. The number of fused-ring (bicyclic) bond motifs is 4. The molecule has 1 aromatic heterocycles. The van der Waals surface area contributed by atoms with Gasteiger partial charge >= 0.3 is 0 Å². The number of carbonyl (C=O) groups excluding carboxylic acids is 1. The number of rotatable bonds is 3. The van der Waals surface area contributed by atoms with Gasteiger partial charge in [-0.2, -0.15) is 5.26 Å². The minimum Gasteiger partial charge on any atom is -0.334 e. The first-order valence-electron chi connectivity index (χ1n) is 9.23. The second-order valence-corrected chi connectivity index (χ2v) is 8.77. The molecular weight excluding hydrogens is 298 g/mol. The molecule has 5 aliphatic rings. The Balaban J connectivity index is 1.42. The Bertz CT molecular complexity index is 773. The first-order chi connectivity index (χ1) is 11.5. The molecule has 0 N–H and O–H groups in total. The molecule has 2 bridgehead atoms. The Labute approximate surface area is 142 Å². The van der Waals surface area contributed by atoms with Gasteiger partial charge in [0.15, 0.2) is 0 Å². The van der Waals surface area contributed by atoms with Crippen molar-refractivity contribution in [1.29, 1.82) is 5.26 Å². The van der Waals surface area contributed by atoms with Crippen LogP contribution in [0, 0.1) is 28.1 Å². The summed E-state index contributed by atoms with van der Waals surface area (Å²) in [6.45, 7) is 5.29. The Morgan fingerprint density at radius 1 is 1.42 bits per heavy atom. The van der Waals surface area contributed by atoms with E-state index in [4.69, 9.17) is 0 Å². The highest BCUT2D eigenvalue weighted by Crippen LogP contribution is 2.76. The van der Waals surface area contributed by atoms with Gasteiger partial charge in [-0.25, -0.2) is 0 Å². The predicted octanol–water partition coefficient (Wildman–Crippen LogP) is 3.54. The number of likely N-dealkylation sites (tertiary alicyclic amines) is 1. The Hall–Kier alpha value is -1.89. The van der Waals surface area contributed by atoms with E-state index in [9.17, 15) is 10.1 Å². The SMILES string of the molecule is CCCC12CC(C(=O)N3C[C@H](C)C4c5c(C#N)cncc5[C@H]43)(C1)C2. The molecule has 3 atom stereocenters. The molecule has 1 aliphatic heterocycles. The van der Waals surface area contributed by atoms with E-state index in [2.05, 4.69) is 29.8 Å². The standard InChI is InChI=1S/C20H23N3O/c1-3-4-19-9-20(10-19,11-19)18(24)23-8-12(2)15-16-13(5-21)6-22-7-14(16)17(15)23/h6-7,12,15,17H,3-4,8-11H2,1-2H3/t12-,15?,17+,19?,20?/m0/s1. The minimum absolute atomic E-state index is 0.0419. The highest BCUT2D eigenvalue weighted by Gasteiger charge is 2.72. The monoisotopic (exact) mass is 321 g/mol. The normalized spacial score (nSPS) is 40.5. The number of nitriles is 1. The van der Waals surface area contributed by atoms with Gasteiger partial charge in [0.1, 0.15) is 6.07 Å². The molecule has 6 rings (SSSR count). The van der Waals surface area contributed by atoms with Gasteiger partial charge in [-0.3, -0.25) is 9.78 Å². The number of amides is 1. The summed E-state index contributed by atoms with van der Waals surface area (Å²) in [6, 6.07) is 2.44. The van der Waals surface area contributed by atoms with Crippen molar-refractivity contribution in [1.82, 2.24) is 9.88 Å². The molecule has 124 valence electrons. The summed E-state index contributed by atoms with van der Waals surface area (Å²) in [6.07, 6.45) is 9.38. The fraction of sp³-hybridized carbons (Fsp3) is 0.650. The molecule has 0 radical (unpaired) electrons. The molecule has 1 unspecified atom stereocenters. The molecule has 4 aliphatic carbocycles. The summed E-state index contributed by atoms with van der Waals surface area (Å²) in [4.78, 5) is 19.6. The third-order valence-electron chi connectivity index (χ3n) is 7.20. The van der Waals surface area contributed by atoms with Crippen LogP contribution in [0.1, 0.15) is 74.6 Å². The van der Waals surface area contributed by atoms with Crippen LogP contribution in [0.4, 0.5) is 0 Å². The van der Waals surface area contributed by atoms with Gasteiger partial charge in [0.2, 0.25) is 5.91 Å². The molecule has 3 saturated carbocycles. The van der Waals surface area contributed by atoms with E-state index in [0.717, 1.165) is 36.9 Å². The van der Waals surface area contributed by atoms with E-state index >= 15 is 0 Å². The number of hydrogen-bond acceptors (Lipinski definition) is 3. The minimum atomic E-state index is -0.0419. The van der Waals surface area contributed by atoms with Gasteiger partial charge in [-0.15, -0.1) is 0 Å². The predicted molar refractivity (Wildman–Crippen MR) is 88.9 cm³/mol. The zero-order valence-electron chi connectivity index (χ0n) is 14.4. The summed E-state index contributed by atoms with van der Waals surface area (Å²) in [5.41, 5.74) is 3.43. The molecule has 4 nitrogen and oxygen atoms in total.